The molecule has 2 N–H and O–H groups in total. The van der Waals surface area contributed by atoms with Crippen LogP contribution in [-0.2, 0) is 6.54 Å². The molecule has 3 aromatic rings. The van der Waals surface area contributed by atoms with Crippen LogP contribution in [0.4, 0.5) is 0 Å². The summed E-state index contributed by atoms with van der Waals surface area (Å²) in [4.78, 5) is 30.4. The fraction of sp³-hybridized carbons (Fsp3) is 0.348. The molecule has 1 aliphatic rings. The van der Waals surface area contributed by atoms with Gasteiger partial charge in [0.2, 0.25) is 0 Å². The van der Waals surface area contributed by atoms with E-state index in [1.54, 1.807) is 10.8 Å². The number of benzene rings is 1. The summed E-state index contributed by atoms with van der Waals surface area (Å²) in [5, 5.41) is 6.26. The predicted molar refractivity (Wildman–Crippen MR) is 131 cm³/mol. The number of aromatic nitrogens is 3. The first-order valence-corrected chi connectivity index (χ1v) is 10.3. The number of para-hydroxylation sites is 1. The summed E-state index contributed by atoms with van der Waals surface area (Å²) in [6.07, 6.45) is 7.25. The summed E-state index contributed by atoms with van der Waals surface area (Å²) >= 11 is 0. The molecule has 0 unspecified atom stereocenters. The van der Waals surface area contributed by atoms with Crippen molar-refractivity contribution in [3.05, 3.63) is 81.8 Å². The highest BCUT2D eigenvalue weighted by Gasteiger charge is 2.21. The highest BCUT2D eigenvalue weighted by molar-refractivity contribution is 5.95. The van der Waals surface area contributed by atoms with E-state index >= 15 is 0 Å². The number of halogens is 2. The number of nitrogens with one attached hydrogen (secondary N) is 2. The third kappa shape index (κ3) is 5.23. The summed E-state index contributed by atoms with van der Waals surface area (Å²) in [6.45, 7) is 5.85. The van der Waals surface area contributed by atoms with E-state index in [2.05, 4.69) is 15.6 Å². The van der Waals surface area contributed by atoms with Crippen LogP contribution in [0.15, 0.2) is 53.7 Å². The van der Waals surface area contributed by atoms with Crippen LogP contribution in [0.1, 0.15) is 46.2 Å². The van der Waals surface area contributed by atoms with E-state index in [0.717, 1.165) is 43.0 Å². The fourth-order valence-electron chi connectivity index (χ4n) is 4.08. The van der Waals surface area contributed by atoms with Crippen LogP contribution in [0.5, 0.6) is 0 Å². The lowest BCUT2D eigenvalue weighted by molar-refractivity contribution is 0.0947. The SMILES string of the molecule is Cc1ccn(C2CCNCC2)c(=O)c1C(=O)NCc1ccccc1-n1ccnc1C.Cl.Cl. The minimum atomic E-state index is -0.335. The van der Waals surface area contributed by atoms with Gasteiger partial charge in [-0.1, -0.05) is 18.2 Å². The first-order valence-electron chi connectivity index (χ1n) is 10.3. The van der Waals surface area contributed by atoms with Gasteiger partial charge in [-0.15, -0.1) is 24.8 Å². The zero-order valence-electron chi connectivity index (χ0n) is 18.2. The molecule has 0 aliphatic carbocycles. The lowest BCUT2D eigenvalue weighted by Gasteiger charge is -2.25. The number of hydrogen-bond acceptors (Lipinski definition) is 4. The Hall–Kier alpha value is -2.61. The Labute approximate surface area is 200 Å². The van der Waals surface area contributed by atoms with Gasteiger partial charge < -0.3 is 19.8 Å². The number of carbonyl (C=O) groups excluding carboxylic acids is 1. The summed E-state index contributed by atoms with van der Waals surface area (Å²) in [5.41, 5.74) is 2.64. The largest absolute Gasteiger partial charge is 0.348 e. The highest BCUT2D eigenvalue weighted by atomic mass is 35.5. The molecule has 3 heterocycles. The number of amides is 1. The number of nitrogens with zero attached hydrogens (tertiary/aromatic N) is 3. The van der Waals surface area contributed by atoms with E-state index in [9.17, 15) is 9.59 Å². The van der Waals surface area contributed by atoms with E-state index in [4.69, 9.17) is 0 Å². The van der Waals surface area contributed by atoms with Crippen molar-refractivity contribution in [3.8, 4) is 5.69 Å². The highest BCUT2D eigenvalue weighted by Crippen LogP contribution is 2.18. The van der Waals surface area contributed by atoms with Crippen molar-refractivity contribution in [3.63, 3.8) is 0 Å². The van der Waals surface area contributed by atoms with Crippen molar-refractivity contribution in [1.29, 1.82) is 0 Å². The second-order valence-electron chi connectivity index (χ2n) is 7.72. The molecular formula is C23H29Cl2N5O2. The number of carbonyl (C=O) groups is 1. The number of hydrogen-bond donors (Lipinski definition) is 2. The molecule has 172 valence electrons. The van der Waals surface area contributed by atoms with Gasteiger partial charge in [-0.3, -0.25) is 9.59 Å². The molecule has 0 bridgehead atoms. The monoisotopic (exact) mass is 477 g/mol. The number of imidazole rings is 1. The summed E-state index contributed by atoms with van der Waals surface area (Å²) in [5.74, 6) is 0.537. The van der Waals surface area contributed by atoms with Crippen molar-refractivity contribution in [1.82, 2.24) is 24.8 Å². The number of piperidine rings is 1. The smallest absolute Gasteiger partial charge is 0.263 e. The second-order valence-corrected chi connectivity index (χ2v) is 7.72. The zero-order chi connectivity index (χ0) is 21.1. The minimum Gasteiger partial charge on any atom is -0.348 e. The molecule has 1 aliphatic heterocycles. The maximum absolute atomic E-state index is 13.1. The standard InChI is InChI=1S/C23H27N5O2.2ClH/c1-16-9-13-28(19-7-10-24-11-8-19)23(30)21(16)22(29)26-15-18-5-3-4-6-20(18)27-14-12-25-17(27)2;;/h3-6,9,12-14,19,24H,7-8,10-11,15H2,1-2H3,(H,26,29);2*1H. The molecular weight excluding hydrogens is 449 g/mol. The normalized spacial score (nSPS) is 13.7. The first-order chi connectivity index (χ1) is 14.6. The number of rotatable bonds is 5. The van der Waals surface area contributed by atoms with Crippen LogP contribution in [0, 0.1) is 13.8 Å². The van der Waals surface area contributed by atoms with Gasteiger partial charge in [0, 0.05) is 31.2 Å². The molecule has 7 nitrogen and oxygen atoms in total. The maximum Gasteiger partial charge on any atom is 0.263 e. The molecule has 1 amide bonds. The van der Waals surface area contributed by atoms with E-state index in [1.807, 2.05) is 61.1 Å². The molecule has 4 rings (SSSR count). The van der Waals surface area contributed by atoms with Gasteiger partial charge in [0.05, 0.1) is 5.69 Å². The minimum absolute atomic E-state index is 0. The molecule has 9 heteroatoms. The van der Waals surface area contributed by atoms with Gasteiger partial charge >= 0.3 is 0 Å². The van der Waals surface area contributed by atoms with Crippen LogP contribution >= 0.6 is 24.8 Å². The van der Waals surface area contributed by atoms with E-state index in [1.165, 1.54) is 0 Å². The van der Waals surface area contributed by atoms with Gasteiger partial charge in [-0.05, 0) is 63.0 Å². The molecule has 0 saturated carbocycles. The maximum atomic E-state index is 13.1. The van der Waals surface area contributed by atoms with Crippen molar-refractivity contribution in [2.45, 2.75) is 39.3 Å². The van der Waals surface area contributed by atoms with Crippen molar-refractivity contribution >= 4 is 30.7 Å². The lowest BCUT2D eigenvalue weighted by atomic mass is 10.0. The van der Waals surface area contributed by atoms with Crippen LogP contribution < -0.4 is 16.2 Å². The van der Waals surface area contributed by atoms with Crippen LogP contribution in [-0.4, -0.2) is 33.1 Å². The van der Waals surface area contributed by atoms with Crippen molar-refractivity contribution in [2.24, 2.45) is 0 Å². The fourth-order valence-corrected chi connectivity index (χ4v) is 4.08. The molecule has 1 fully saturated rings. The third-order valence-corrected chi connectivity index (χ3v) is 5.77. The first kappa shape index (κ1) is 25.6. The molecule has 1 saturated heterocycles. The number of pyridine rings is 1. The average Bonchev–Trinajstić information content (AvgIpc) is 3.19. The van der Waals surface area contributed by atoms with Gasteiger partial charge in [0.1, 0.15) is 11.4 Å². The Morgan fingerprint density at radius 3 is 2.53 bits per heavy atom. The van der Waals surface area contributed by atoms with E-state index < -0.39 is 0 Å². The molecule has 32 heavy (non-hydrogen) atoms. The summed E-state index contributed by atoms with van der Waals surface area (Å²) in [6, 6.07) is 9.86. The van der Waals surface area contributed by atoms with E-state index in [-0.39, 0.29) is 47.9 Å². The lowest BCUT2D eigenvalue weighted by Crippen LogP contribution is -2.38. The van der Waals surface area contributed by atoms with Crippen LogP contribution in [0.2, 0.25) is 0 Å². The second kappa shape index (κ2) is 11.3. The summed E-state index contributed by atoms with van der Waals surface area (Å²) in [7, 11) is 0. The van der Waals surface area contributed by atoms with Gasteiger partial charge in [0.15, 0.2) is 0 Å². The zero-order valence-corrected chi connectivity index (χ0v) is 19.8. The van der Waals surface area contributed by atoms with E-state index in [0.29, 0.717) is 12.1 Å². The topological polar surface area (TPSA) is 81.0 Å². The Morgan fingerprint density at radius 2 is 1.84 bits per heavy atom. The third-order valence-electron chi connectivity index (χ3n) is 5.77. The Balaban J connectivity index is 0.00000181. The van der Waals surface area contributed by atoms with Crippen molar-refractivity contribution in [2.75, 3.05) is 13.1 Å². The van der Waals surface area contributed by atoms with Gasteiger partial charge in [-0.25, -0.2) is 4.98 Å². The molecule has 2 aromatic heterocycles. The predicted octanol–water partition coefficient (Wildman–Crippen LogP) is 3.35. The van der Waals surface area contributed by atoms with Gasteiger partial charge in [-0.2, -0.15) is 0 Å². The Morgan fingerprint density at radius 1 is 1.12 bits per heavy atom. The Kier molecular flexibility index (Phi) is 9.07. The molecule has 0 radical (unpaired) electrons. The van der Waals surface area contributed by atoms with Gasteiger partial charge in [0.25, 0.3) is 11.5 Å². The van der Waals surface area contributed by atoms with Crippen LogP contribution in [0.3, 0.4) is 0 Å². The Bertz CT molecular complexity index is 1120. The average molecular weight is 478 g/mol. The van der Waals surface area contributed by atoms with Crippen molar-refractivity contribution < 1.29 is 4.79 Å². The molecule has 0 spiro atoms. The molecule has 0 atom stereocenters. The molecule has 1 aromatic carbocycles. The summed E-state index contributed by atoms with van der Waals surface area (Å²) < 4.78 is 3.71. The number of aryl methyl sites for hydroxylation is 2. The quantitative estimate of drug-likeness (QED) is 0.590. The van der Waals surface area contributed by atoms with Crippen LogP contribution in [0.25, 0.3) is 5.69 Å².